The summed E-state index contributed by atoms with van der Waals surface area (Å²) in [6, 6.07) is 40.0. The molecule has 0 amide bonds. The maximum absolute atomic E-state index is 4.86. The Labute approximate surface area is 236 Å². The lowest BCUT2D eigenvalue weighted by molar-refractivity contribution is 0.766. The molecule has 0 atom stereocenters. The van der Waals surface area contributed by atoms with Crippen LogP contribution in [0.4, 0.5) is 0 Å². The summed E-state index contributed by atoms with van der Waals surface area (Å²) in [4.78, 5) is 10.4. The van der Waals surface area contributed by atoms with E-state index in [0.29, 0.717) is 0 Å². The lowest BCUT2D eigenvalue weighted by Crippen LogP contribution is -1.99. The molecule has 3 aromatic heterocycles. The SMILES string of the molecule is c1cncc(-c2ccc3nn(-c4cccc(-c5c6ccccc6c(-c6cccnc6)c6ccccc56)c4)nc3c2)c1. The Hall–Kier alpha value is -5.68. The second-order valence-electron chi connectivity index (χ2n) is 10.1. The van der Waals surface area contributed by atoms with Crippen LogP contribution >= 0.6 is 0 Å². The van der Waals surface area contributed by atoms with Crippen molar-refractivity contribution in [2.45, 2.75) is 0 Å². The van der Waals surface area contributed by atoms with Crippen molar-refractivity contribution in [2.24, 2.45) is 0 Å². The van der Waals surface area contributed by atoms with Crippen molar-refractivity contribution in [2.75, 3.05) is 0 Å². The van der Waals surface area contributed by atoms with E-state index in [-0.39, 0.29) is 0 Å². The molecular formula is C36H23N5. The largest absolute Gasteiger partial charge is 0.264 e. The summed E-state index contributed by atoms with van der Waals surface area (Å²) < 4.78 is 0. The first kappa shape index (κ1) is 23.2. The molecule has 0 radical (unpaired) electrons. The summed E-state index contributed by atoms with van der Waals surface area (Å²) >= 11 is 0. The van der Waals surface area contributed by atoms with Crippen molar-refractivity contribution in [3.8, 4) is 39.1 Å². The second-order valence-corrected chi connectivity index (χ2v) is 10.1. The average Bonchev–Trinajstić information content (AvgIpc) is 3.48. The van der Waals surface area contributed by atoms with E-state index in [2.05, 4.69) is 107 Å². The summed E-state index contributed by atoms with van der Waals surface area (Å²) in [7, 11) is 0. The summed E-state index contributed by atoms with van der Waals surface area (Å²) in [6.45, 7) is 0. The number of fused-ring (bicyclic) bond motifs is 3. The zero-order valence-electron chi connectivity index (χ0n) is 22.0. The van der Waals surface area contributed by atoms with E-state index in [4.69, 9.17) is 10.2 Å². The highest BCUT2D eigenvalue weighted by atomic mass is 15.5. The van der Waals surface area contributed by atoms with Gasteiger partial charge in [-0.25, -0.2) is 0 Å². The molecule has 0 spiro atoms. The number of rotatable bonds is 4. The lowest BCUT2D eigenvalue weighted by atomic mass is 9.86. The van der Waals surface area contributed by atoms with E-state index in [1.54, 1.807) is 11.0 Å². The van der Waals surface area contributed by atoms with Gasteiger partial charge in [-0.2, -0.15) is 4.80 Å². The monoisotopic (exact) mass is 525 g/mol. The molecule has 0 unspecified atom stereocenters. The van der Waals surface area contributed by atoms with E-state index in [1.807, 2.05) is 36.8 Å². The molecule has 5 aromatic carbocycles. The molecule has 8 aromatic rings. The molecule has 0 saturated carbocycles. The van der Waals surface area contributed by atoms with Gasteiger partial charge < -0.3 is 0 Å². The second kappa shape index (κ2) is 9.50. The minimum Gasteiger partial charge on any atom is -0.264 e. The topological polar surface area (TPSA) is 56.5 Å². The minimum atomic E-state index is 0.841. The van der Waals surface area contributed by atoms with Gasteiger partial charge in [0.05, 0.1) is 5.69 Å². The Morgan fingerprint density at radius 1 is 0.415 bits per heavy atom. The Morgan fingerprint density at radius 3 is 1.63 bits per heavy atom. The molecule has 41 heavy (non-hydrogen) atoms. The van der Waals surface area contributed by atoms with Crippen LogP contribution in [-0.2, 0) is 0 Å². The molecule has 0 fully saturated rings. The van der Waals surface area contributed by atoms with Gasteiger partial charge >= 0.3 is 0 Å². The van der Waals surface area contributed by atoms with Crippen LogP contribution in [0.1, 0.15) is 0 Å². The van der Waals surface area contributed by atoms with Gasteiger partial charge in [-0.1, -0.05) is 78.9 Å². The van der Waals surface area contributed by atoms with Crippen molar-refractivity contribution in [1.82, 2.24) is 25.0 Å². The van der Waals surface area contributed by atoms with Crippen molar-refractivity contribution in [3.05, 3.63) is 140 Å². The van der Waals surface area contributed by atoms with Crippen molar-refractivity contribution in [3.63, 3.8) is 0 Å². The normalized spacial score (nSPS) is 11.4. The van der Waals surface area contributed by atoms with Gasteiger partial charge in [0.15, 0.2) is 0 Å². The Balaban J connectivity index is 1.31. The van der Waals surface area contributed by atoms with Crippen LogP contribution < -0.4 is 0 Å². The van der Waals surface area contributed by atoms with Crippen LogP contribution in [-0.4, -0.2) is 25.0 Å². The molecule has 0 bridgehead atoms. The van der Waals surface area contributed by atoms with Gasteiger partial charge in [0.25, 0.3) is 0 Å². The Kier molecular flexibility index (Phi) is 5.38. The molecule has 3 heterocycles. The van der Waals surface area contributed by atoms with E-state index < -0.39 is 0 Å². The van der Waals surface area contributed by atoms with Gasteiger partial charge in [0.2, 0.25) is 0 Å². The van der Waals surface area contributed by atoms with Crippen LogP contribution in [0.3, 0.4) is 0 Å². The Bertz CT molecular complexity index is 2140. The van der Waals surface area contributed by atoms with E-state index in [9.17, 15) is 0 Å². The molecule has 0 saturated heterocycles. The maximum atomic E-state index is 4.86. The number of benzene rings is 5. The molecule has 0 aliphatic carbocycles. The fraction of sp³-hybridized carbons (Fsp3) is 0. The predicted molar refractivity (Wildman–Crippen MR) is 166 cm³/mol. The van der Waals surface area contributed by atoms with Crippen molar-refractivity contribution in [1.29, 1.82) is 0 Å². The highest BCUT2D eigenvalue weighted by molar-refractivity contribution is 6.21. The molecule has 192 valence electrons. The van der Waals surface area contributed by atoms with Crippen LogP contribution in [0.25, 0.3) is 71.6 Å². The van der Waals surface area contributed by atoms with Gasteiger partial charge in [0.1, 0.15) is 11.0 Å². The average molecular weight is 526 g/mol. The first-order valence-electron chi connectivity index (χ1n) is 13.6. The smallest absolute Gasteiger partial charge is 0.114 e. The minimum absolute atomic E-state index is 0.841. The number of hydrogen-bond donors (Lipinski definition) is 0. The highest BCUT2D eigenvalue weighted by Crippen LogP contribution is 2.43. The lowest BCUT2D eigenvalue weighted by Gasteiger charge is -2.17. The zero-order chi connectivity index (χ0) is 27.2. The highest BCUT2D eigenvalue weighted by Gasteiger charge is 2.17. The van der Waals surface area contributed by atoms with Crippen LogP contribution in [0.15, 0.2) is 140 Å². The van der Waals surface area contributed by atoms with Crippen molar-refractivity contribution < 1.29 is 0 Å². The van der Waals surface area contributed by atoms with Gasteiger partial charge in [-0.15, -0.1) is 10.2 Å². The summed E-state index contributed by atoms with van der Waals surface area (Å²) in [5.74, 6) is 0. The summed E-state index contributed by atoms with van der Waals surface area (Å²) in [5, 5.41) is 14.5. The van der Waals surface area contributed by atoms with Gasteiger partial charge in [-0.3, -0.25) is 9.97 Å². The number of aromatic nitrogens is 5. The molecule has 5 nitrogen and oxygen atoms in total. The predicted octanol–water partition coefficient (Wildman–Crippen LogP) is 8.52. The quantitative estimate of drug-likeness (QED) is 0.216. The summed E-state index contributed by atoms with van der Waals surface area (Å²) in [5.41, 5.74) is 9.34. The molecule has 0 N–H and O–H groups in total. The van der Waals surface area contributed by atoms with Gasteiger partial charge in [0, 0.05) is 35.9 Å². The third kappa shape index (κ3) is 3.95. The first-order chi connectivity index (χ1) is 20.3. The number of nitrogens with zero attached hydrogens (tertiary/aromatic N) is 5. The van der Waals surface area contributed by atoms with Gasteiger partial charge in [-0.05, 0) is 80.2 Å². The summed E-state index contributed by atoms with van der Waals surface area (Å²) in [6.07, 6.45) is 7.41. The third-order valence-electron chi connectivity index (χ3n) is 7.62. The molecule has 0 aliphatic rings. The van der Waals surface area contributed by atoms with E-state index in [0.717, 1.165) is 39.0 Å². The van der Waals surface area contributed by atoms with E-state index >= 15 is 0 Å². The number of hydrogen-bond acceptors (Lipinski definition) is 4. The maximum Gasteiger partial charge on any atom is 0.114 e. The first-order valence-corrected chi connectivity index (χ1v) is 13.6. The molecule has 8 rings (SSSR count). The van der Waals surface area contributed by atoms with Crippen molar-refractivity contribution >= 4 is 32.6 Å². The van der Waals surface area contributed by atoms with Crippen LogP contribution in [0.2, 0.25) is 0 Å². The molecular weight excluding hydrogens is 502 g/mol. The fourth-order valence-electron chi connectivity index (χ4n) is 5.79. The fourth-order valence-corrected chi connectivity index (χ4v) is 5.79. The standard InChI is InChI=1S/C36H23N5/c1-3-14-31-29(12-1)35(30-13-2-4-15-32(30)36(31)27-10-7-19-38-23-27)25-8-5-11-28(20-25)41-39-33-17-16-24(21-34(33)40-41)26-9-6-18-37-22-26/h1-23H. The molecule has 5 heteroatoms. The van der Waals surface area contributed by atoms with Crippen LogP contribution in [0.5, 0.6) is 0 Å². The zero-order valence-corrected chi connectivity index (χ0v) is 22.0. The Morgan fingerprint density at radius 2 is 1.00 bits per heavy atom. The van der Waals surface area contributed by atoms with Crippen LogP contribution in [0, 0.1) is 0 Å². The number of pyridine rings is 2. The molecule has 0 aliphatic heterocycles. The third-order valence-corrected chi connectivity index (χ3v) is 7.62. The van der Waals surface area contributed by atoms with E-state index in [1.165, 1.54) is 32.7 Å².